The Morgan fingerprint density at radius 3 is 2.75 bits per heavy atom. The number of aromatic nitrogens is 1. The molecule has 1 N–H and O–H groups in total. The Bertz CT molecular complexity index is 778. The van der Waals surface area contributed by atoms with Gasteiger partial charge in [0, 0.05) is 30.9 Å². The summed E-state index contributed by atoms with van der Waals surface area (Å²) in [6.07, 6.45) is 2.41. The van der Waals surface area contributed by atoms with Crippen LogP contribution in [0.5, 0.6) is 0 Å². The predicted octanol–water partition coefficient (Wildman–Crippen LogP) is 1.73. The number of hydrogen-bond donors (Lipinski definition) is 1. The number of nitrogens with zero attached hydrogens (tertiary/aromatic N) is 2. The van der Waals surface area contributed by atoms with E-state index in [1.54, 1.807) is 6.20 Å². The van der Waals surface area contributed by atoms with Crippen LogP contribution in [-0.4, -0.2) is 54.1 Å². The van der Waals surface area contributed by atoms with Crippen molar-refractivity contribution >= 4 is 9.84 Å². The molecule has 2 heterocycles. The highest BCUT2D eigenvalue weighted by atomic mass is 32.2. The summed E-state index contributed by atoms with van der Waals surface area (Å²) >= 11 is 0. The number of aliphatic hydroxyl groups excluding tert-OH is 1. The predicted molar refractivity (Wildman–Crippen MR) is 94.2 cm³/mol. The van der Waals surface area contributed by atoms with Crippen LogP contribution in [0, 0.1) is 0 Å². The number of sulfone groups is 1. The van der Waals surface area contributed by atoms with E-state index in [1.165, 1.54) is 0 Å². The molecule has 0 amide bonds. The van der Waals surface area contributed by atoms with Crippen molar-refractivity contribution < 1.29 is 13.5 Å². The Balaban J connectivity index is 1.78. The minimum Gasteiger partial charge on any atom is -0.395 e. The molecule has 1 atom stereocenters. The summed E-state index contributed by atoms with van der Waals surface area (Å²) in [5.74, 6) is 0.431. The van der Waals surface area contributed by atoms with Crippen molar-refractivity contribution in [3.8, 4) is 11.3 Å². The van der Waals surface area contributed by atoms with Gasteiger partial charge < -0.3 is 5.11 Å². The Morgan fingerprint density at radius 1 is 1.21 bits per heavy atom. The molecule has 1 aromatic carbocycles. The molecule has 24 heavy (non-hydrogen) atoms. The zero-order valence-electron chi connectivity index (χ0n) is 13.5. The Kier molecular flexibility index (Phi) is 5.28. The summed E-state index contributed by atoms with van der Waals surface area (Å²) in [6, 6.07) is 13.9. The van der Waals surface area contributed by atoms with E-state index in [1.807, 2.05) is 36.4 Å². The fourth-order valence-electron chi connectivity index (χ4n) is 3.18. The summed E-state index contributed by atoms with van der Waals surface area (Å²) in [5.41, 5.74) is 3.04. The number of rotatable bonds is 6. The van der Waals surface area contributed by atoms with Gasteiger partial charge in [-0.15, -0.1) is 0 Å². The third kappa shape index (κ3) is 4.20. The van der Waals surface area contributed by atoms with Crippen molar-refractivity contribution in [3.05, 3.63) is 54.2 Å². The fraction of sp³-hybridized carbons (Fsp3) is 0.389. The molecule has 1 saturated heterocycles. The van der Waals surface area contributed by atoms with Crippen molar-refractivity contribution in [3.63, 3.8) is 0 Å². The molecule has 128 valence electrons. The molecule has 2 aromatic rings. The van der Waals surface area contributed by atoms with Crippen LogP contribution < -0.4 is 0 Å². The summed E-state index contributed by atoms with van der Waals surface area (Å²) in [7, 11) is -2.94. The second-order valence-corrected chi connectivity index (χ2v) is 8.40. The van der Waals surface area contributed by atoms with Crippen molar-refractivity contribution in [2.75, 3.05) is 24.7 Å². The normalized spacial score (nSPS) is 19.7. The molecule has 0 spiro atoms. The smallest absolute Gasteiger partial charge is 0.151 e. The molecule has 3 rings (SSSR count). The molecular formula is C18H22N2O3S. The number of pyridine rings is 1. The molecule has 0 bridgehead atoms. The molecule has 5 nitrogen and oxygen atoms in total. The maximum absolute atomic E-state index is 11.7. The van der Waals surface area contributed by atoms with Crippen LogP contribution in [0.25, 0.3) is 11.3 Å². The van der Waals surface area contributed by atoms with Gasteiger partial charge in [0.2, 0.25) is 0 Å². The maximum Gasteiger partial charge on any atom is 0.151 e. The van der Waals surface area contributed by atoms with Gasteiger partial charge in [-0.05, 0) is 30.2 Å². The van der Waals surface area contributed by atoms with Gasteiger partial charge in [-0.25, -0.2) is 8.42 Å². The summed E-state index contributed by atoms with van der Waals surface area (Å²) in [4.78, 5) is 6.44. The molecule has 6 heteroatoms. The molecule has 1 aromatic heterocycles. The minimum absolute atomic E-state index is 0.0133. The van der Waals surface area contributed by atoms with Crippen LogP contribution in [-0.2, 0) is 16.4 Å². The molecule has 0 aliphatic carbocycles. The Hall–Kier alpha value is -1.76. The van der Waals surface area contributed by atoms with E-state index in [-0.39, 0.29) is 24.2 Å². The van der Waals surface area contributed by atoms with E-state index >= 15 is 0 Å². The van der Waals surface area contributed by atoms with Crippen LogP contribution in [0.15, 0.2) is 48.7 Å². The average molecular weight is 346 g/mol. The van der Waals surface area contributed by atoms with E-state index in [2.05, 4.69) is 16.0 Å². The van der Waals surface area contributed by atoms with Gasteiger partial charge in [-0.1, -0.05) is 24.3 Å². The number of hydrogen-bond acceptors (Lipinski definition) is 5. The topological polar surface area (TPSA) is 70.5 Å². The lowest BCUT2D eigenvalue weighted by atomic mass is 10.1. The van der Waals surface area contributed by atoms with Crippen LogP contribution in [0.1, 0.15) is 12.0 Å². The molecule has 1 fully saturated rings. The first-order valence-electron chi connectivity index (χ1n) is 8.13. The highest BCUT2D eigenvalue weighted by molar-refractivity contribution is 7.91. The van der Waals surface area contributed by atoms with Gasteiger partial charge in [0.1, 0.15) is 0 Å². The largest absolute Gasteiger partial charge is 0.395 e. The first-order chi connectivity index (χ1) is 11.6. The van der Waals surface area contributed by atoms with Crippen molar-refractivity contribution in [2.24, 2.45) is 0 Å². The zero-order chi connectivity index (χ0) is 17.0. The summed E-state index contributed by atoms with van der Waals surface area (Å²) in [5, 5.41) is 9.34. The molecule has 1 aliphatic heterocycles. The maximum atomic E-state index is 11.7. The van der Waals surface area contributed by atoms with E-state index < -0.39 is 9.84 Å². The van der Waals surface area contributed by atoms with Gasteiger partial charge in [0.25, 0.3) is 0 Å². The molecule has 0 radical (unpaired) electrons. The highest BCUT2D eigenvalue weighted by Gasteiger charge is 2.31. The van der Waals surface area contributed by atoms with Gasteiger partial charge in [0.15, 0.2) is 9.84 Å². The lowest BCUT2D eigenvalue weighted by Gasteiger charge is -2.27. The van der Waals surface area contributed by atoms with Gasteiger partial charge in [-0.3, -0.25) is 9.88 Å². The monoisotopic (exact) mass is 346 g/mol. The summed E-state index contributed by atoms with van der Waals surface area (Å²) < 4.78 is 23.5. The van der Waals surface area contributed by atoms with Crippen LogP contribution >= 0.6 is 0 Å². The van der Waals surface area contributed by atoms with Gasteiger partial charge in [0.05, 0.1) is 23.8 Å². The highest BCUT2D eigenvalue weighted by Crippen LogP contribution is 2.22. The number of aliphatic hydroxyl groups is 1. The Labute approximate surface area is 142 Å². The zero-order valence-corrected chi connectivity index (χ0v) is 14.3. The molecule has 0 saturated carbocycles. The van der Waals surface area contributed by atoms with Gasteiger partial charge >= 0.3 is 0 Å². The van der Waals surface area contributed by atoms with Crippen molar-refractivity contribution in [2.45, 2.75) is 19.0 Å². The fourth-order valence-corrected chi connectivity index (χ4v) is 4.94. The molecular weight excluding hydrogens is 324 g/mol. The van der Waals surface area contributed by atoms with E-state index in [0.717, 1.165) is 16.8 Å². The quantitative estimate of drug-likeness (QED) is 0.863. The lowest BCUT2D eigenvalue weighted by molar-refractivity contribution is 0.154. The molecule has 1 aliphatic rings. The van der Waals surface area contributed by atoms with E-state index in [0.29, 0.717) is 19.5 Å². The lowest BCUT2D eigenvalue weighted by Crippen LogP contribution is -2.37. The van der Waals surface area contributed by atoms with Gasteiger partial charge in [-0.2, -0.15) is 0 Å². The van der Waals surface area contributed by atoms with Crippen LogP contribution in [0.4, 0.5) is 0 Å². The Morgan fingerprint density at radius 2 is 2.08 bits per heavy atom. The number of benzene rings is 1. The third-order valence-electron chi connectivity index (χ3n) is 4.39. The minimum atomic E-state index is -2.94. The average Bonchev–Trinajstić information content (AvgIpc) is 2.95. The SMILES string of the molecule is O=S1(=O)CCC(N(CCO)Cc2cccc(-c3ccccn3)c2)C1. The van der Waals surface area contributed by atoms with Crippen LogP contribution in [0.3, 0.4) is 0 Å². The molecule has 1 unspecified atom stereocenters. The standard InChI is InChI=1S/C18H22N2O3S/c21-10-9-20(17-7-11-24(22,23)14-17)13-15-4-3-5-16(12-15)18-6-1-2-8-19-18/h1-6,8,12,17,21H,7,9-11,13-14H2. The van der Waals surface area contributed by atoms with E-state index in [4.69, 9.17) is 0 Å². The first-order valence-corrected chi connectivity index (χ1v) is 9.95. The van der Waals surface area contributed by atoms with Crippen molar-refractivity contribution in [1.82, 2.24) is 9.88 Å². The summed E-state index contributed by atoms with van der Waals surface area (Å²) in [6.45, 7) is 1.13. The van der Waals surface area contributed by atoms with E-state index in [9.17, 15) is 13.5 Å². The van der Waals surface area contributed by atoms with Crippen molar-refractivity contribution in [1.29, 1.82) is 0 Å². The van der Waals surface area contributed by atoms with Crippen LogP contribution in [0.2, 0.25) is 0 Å². The third-order valence-corrected chi connectivity index (χ3v) is 6.14. The second kappa shape index (κ2) is 7.42. The first kappa shape index (κ1) is 17.1. The second-order valence-electron chi connectivity index (χ2n) is 6.17.